The van der Waals surface area contributed by atoms with Crippen LogP contribution < -0.4 is 5.73 Å². The lowest BCUT2D eigenvalue weighted by atomic mass is 10.2. The predicted molar refractivity (Wildman–Crippen MR) is 68.2 cm³/mol. The molecule has 0 saturated carbocycles. The number of carboxylic acids is 1. The van der Waals surface area contributed by atoms with Crippen molar-refractivity contribution in [3.8, 4) is 0 Å². The number of carboxylic acid groups (broad SMARTS) is 1. The van der Waals surface area contributed by atoms with E-state index < -0.39 is 31.6 Å². The van der Waals surface area contributed by atoms with E-state index in [1.54, 1.807) is 21.1 Å². The Morgan fingerprint density at radius 2 is 1.63 bits per heavy atom. The Morgan fingerprint density at radius 3 is 1.68 bits per heavy atom. The van der Waals surface area contributed by atoms with Gasteiger partial charge in [0, 0.05) is 0 Å². The number of hydrogen-bond acceptors (Lipinski definition) is 5. The molecule has 7 N–H and O–H groups in total. The molecule has 0 aliphatic heterocycles. The zero-order valence-corrected chi connectivity index (χ0v) is 12.4. The number of aliphatic carboxylic acids is 1. The van der Waals surface area contributed by atoms with Crippen molar-refractivity contribution in [1.82, 2.24) is 0 Å². The second kappa shape index (κ2) is 7.91. The van der Waals surface area contributed by atoms with E-state index in [-0.39, 0.29) is 6.54 Å². The second-order valence-corrected chi connectivity index (χ2v) is 6.92. The molecule has 9 nitrogen and oxygen atoms in total. The van der Waals surface area contributed by atoms with Crippen LogP contribution in [0.1, 0.15) is 6.92 Å². The molecule has 0 aliphatic rings. The fourth-order valence-electron chi connectivity index (χ4n) is 0.803. The first-order valence-corrected chi connectivity index (χ1v) is 7.07. The largest absolute Gasteiger partial charge is 0.480 e. The van der Waals surface area contributed by atoms with Crippen molar-refractivity contribution in [3.05, 3.63) is 0 Å². The van der Waals surface area contributed by atoms with Crippen molar-refractivity contribution in [2.45, 2.75) is 24.9 Å². The van der Waals surface area contributed by atoms with Crippen molar-refractivity contribution in [2.24, 2.45) is 5.73 Å². The summed E-state index contributed by atoms with van der Waals surface area (Å²) < 4.78 is 10.8. The highest BCUT2D eigenvalue weighted by atomic mass is 31.2. The highest BCUT2D eigenvalue weighted by Gasteiger charge is 2.31. The molecule has 0 aromatic carbocycles. The molecule has 0 radical (unpaired) electrons. The summed E-state index contributed by atoms with van der Waals surface area (Å²) in [5, 5.41) is 25.5. The number of quaternary nitrogens is 1. The zero-order chi connectivity index (χ0) is 16.0. The fraction of sp³-hybridized carbons (Fsp3) is 0.889. The van der Waals surface area contributed by atoms with E-state index in [0.717, 1.165) is 0 Å². The van der Waals surface area contributed by atoms with E-state index in [1.165, 1.54) is 6.92 Å². The average Bonchev–Trinajstić information content (AvgIpc) is 2.12. The summed E-state index contributed by atoms with van der Waals surface area (Å²) >= 11 is 0. The molecule has 0 aromatic heterocycles. The Kier molecular flexibility index (Phi) is 8.64. The van der Waals surface area contributed by atoms with E-state index in [0.29, 0.717) is 4.48 Å². The standard InChI is InChI=1S/C5H14NO4P.C4H9NO3/c1-6(2,3)4-5(7)11(8,9)10;1-2(6)3(5)4(7)8/h5,7H,4H2,1-3H3,(H-,8,9,10);2-3,6H,5H2,1H3,(H,7,8)/p+1. The quantitative estimate of drug-likeness (QED) is 0.250. The maximum atomic E-state index is 10.4. The number of carbonyl (C=O) groups is 1. The third-order valence-electron chi connectivity index (χ3n) is 1.90. The van der Waals surface area contributed by atoms with Gasteiger partial charge in [-0.15, -0.1) is 0 Å². The van der Waals surface area contributed by atoms with E-state index in [9.17, 15) is 9.36 Å². The molecule has 0 fully saturated rings. The van der Waals surface area contributed by atoms with Crippen LogP contribution in [0.2, 0.25) is 0 Å². The molecule has 0 amide bonds. The average molecular weight is 303 g/mol. The number of likely N-dealkylation sites (N-methyl/N-ethyl adjacent to an activating group) is 1. The van der Waals surface area contributed by atoms with Gasteiger partial charge in [-0.2, -0.15) is 0 Å². The SMILES string of the molecule is CC(O)C(N)C(=O)O.C[N+](C)(C)CC(O)P(=O)(O)O. The minimum atomic E-state index is -4.31. The van der Waals surface area contributed by atoms with Gasteiger partial charge in [-0.05, 0) is 6.92 Å². The molecule has 0 aliphatic carbocycles. The lowest BCUT2D eigenvalue weighted by molar-refractivity contribution is -0.872. The number of nitrogens with two attached hydrogens (primary N) is 1. The monoisotopic (exact) mass is 303 g/mol. The molecule has 0 heterocycles. The van der Waals surface area contributed by atoms with Crippen molar-refractivity contribution < 1.29 is 38.9 Å². The minimum Gasteiger partial charge on any atom is -0.480 e. The van der Waals surface area contributed by atoms with Gasteiger partial charge < -0.3 is 35.3 Å². The molecule has 0 bridgehead atoms. The van der Waals surface area contributed by atoms with Gasteiger partial charge in [0.1, 0.15) is 12.6 Å². The molecule has 0 spiro atoms. The van der Waals surface area contributed by atoms with Crippen LogP contribution in [0.15, 0.2) is 0 Å². The van der Waals surface area contributed by atoms with Crippen LogP contribution >= 0.6 is 7.60 Å². The summed E-state index contributed by atoms with van der Waals surface area (Å²) in [5.41, 5.74) is 4.91. The zero-order valence-electron chi connectivity index (χ0n) is 11.5. The van der Waals surface area contributed by atoms with Crippen molar-refractivity contribution in [1.29, 1.82) is 0 Å². The molecule has 0 rings (SSSR count). The number of rotatable bonds is 5. The first kappa shape index (κ1) is 20.8. The minimum absolute atomic E-state index is 0.0459. The lowest BCUT2D eigenvalue weighted by Crippen LogP contribution is -2.41. The van der Waals surface area contributed by atoms with Crippen molar-refractivity contribution in [2.75, 3.05) is 27.7 Å². The maximum absolute atomic E-state index is 10.4. The molecular formula is C9H24N2O7P+. The number of hydrogen-bond donors (Lipinski definition) is 6. The smallest absolute Gasteiger partial charge is 0.359 e. The topological polar surface area (TPSA) is 161 Å². The molecule has 10 heteroatoms. The predicted octanol–water partition coefficient (Wildman–Crippen LogP) is -2.03. The van der Waals surface area contributed by atoms with Crippen LogP contribution in [-0.2, 0) is 9.36 Å². The van der Waals surface area contributed by atoms with Gasteiger partial charge in [0.25, 0.3) is 0 Å². The van der Waals surface area contributed by atoms with Crippen molar-refractivity contribution >= 4 is 13.6 Å². The number of aliphatic hydroxyl groups is 2. The highest BCUT2D eigenvalue weighted by molar-refractivity contribution is 7.52. The Morgan fingerprint density at radius 1 is 1.26 bits per heavy atom. The van der Waals surface area contributed by atoms with Gasteiger partial charge >= 0.3 is 13.6 Å². The van der Waals surface area contributed by atoms with Gasteiger partial charge in [-0.1, -0.05) is 0 Å². The molecule has 0 saturated heterocycles. The van der Waals surface area contributed by atoms with E-state index in [4.69, 9.17) is 30.8 Å². The molecule has 3 unspecified atom stereocenters. The fourth-order valence-corrected chi connectivity index (χ4v) is 1.51. The number of nitrogens with zero attached hydrogens (tertiary/aromatic N) is 1. The van der Waals surface area contributed by atoms with Crippen LogP contribution in [-0.4, -0.2) is 81.2 Å². The second-order valence-electron chi connectivity index (χ2n) is 5.15. The summed E-state index contributed by atoms with van der Waals surface area (Å²) in [6.07, 6.45) is -0.979. The molecular weight excluding hydrogens is 279 g/mol. The van der Waals surface area contributed by atoms with Gasteiger partial charge in [-0.25, -0.2) is 0 Å². The van der Waals surface area contributed by atoms with Gasteiger partial charge in [0.15, 0.2) is 0 Å². The van der Waals surface area contributed by atoms with Crippen LogP contribution in [0.5, 0.6) is 0 Å². The van der Waals surface area contributed by atoms with Crippen LogP contribution in [0, 0.1) is 0 Å². The van der Waals surface area contributed by atoms with Crippen LogP contribution in [0.4, 0.5) is 0 Å². The first-order valence-electron chi connectivity index (χ1n) is 5.38. The Labute approximate surface area is 112 Å². The molecule has 19 heavy (non-hydrogen) atoms. The first-order chi connectivity index (χ1) is 8.18. The van der Waals surface area contributed by atoms with E-state index in [1.807, 2.05) is 0 Å². The number of aliphatic hydroxyl groups excluding tert-OH is 2. The van der Waals surface area contributed by atoms with E-state index in [2.05, 4.69) is 0 Å². The van der Waals surface area contributed by atoms with Crippen LogP contribution in [0.25, 0.3) is 0 Å². The molecule has 116 valence electrons. The van der Waals surface area contributed by atoms with Gasteiger partial charge in [-0.3, -0.25) is 9.36 Å². The highest BCUT2D eigenvalue weighted by Crippen LogP contribution is 2.39. The molecule has 0 aromatic rings. The Hall–Kier alpha value is -0.540. The summed E-state index contributed by atoms with van der Waals surface area (Å²) in [4.78, 5) is 26.9. The summed E-state index contributed by atoms with van der Waals surface area (Å²) in [5.74, 6) is -2.73. The van der Waals surface area contributed by atoms with E-state index >= 15 is 0 Å². The summed E-state index contributed by atoms with van der Waals surface area (Å²) in [7, 11) is 0.933. The Balaban J connectivity index is 0. The third-order valence-corrected chi connectivity index (χ3v) is 2.84. The normalized spacial score (nSPS) is 16.9. The Bertz CT molecular complexity index is 323. The van der Waals surface area contributed by atoms with Gasteiger partial charge in [0.05, 0.1) is 27.2 Å². The van der Waals surface area contributed by atoms with Crippen LogP contribution in [0.3, 0.4) is 0 Å². The maximum Gasteiger partial charge on any atom is 0.359 e. The van der Waals surface area contributed by atoms with Crippen molar-refractivity contribution in [3.63, 3.8) is 0 Å². The third kappa shape index (κ3) is 12.2. The summed E-state index contributed by atoms with van der Waals surface area (Å²) in [6.45, 7) is 1.38. The summed E-state index contributed by atoms with van der Waals surface area (Å²) in [6, 6.07) is -1.16. The lowest BCUT2D eigenvalue weighted by Gasteiger charge is -2.26. The molecule has 3 atom stereocenters. The van der Waals surface area contributed by atoms with Gasteiger partial charge in [0.2, 0.25) is 5.85 Å².